The Balaban J connectivity index is 0.00000112. The van der Waals surface area contributed by atoms with E-state index < -0.39 is 0 Å². The van der Waals surface area contributed by atoms with Gasteiger partial charge >= 0.3 is 0 Å². The summed E-state index contributed by atoms with van der Waals surface area (Å²) in [5.74, 6) is 1.36. The van der Waals surface area contributed by atoms with E-state index in [1.54, 1.807) is 0 Å². The maximum atomic E-state index is 5.83. The number of nitrogens with one attached hydrogen (secondary N) is 1. The second kappa shape index (κ2) is 6.37. The van der Waals surface area contributed by atoms with Gasteiger partial charge in [0.2, 0.25) is 0 Å². The maximum Gasteiger partial charge on any atom is 0.0474 e. The molecule has 84 valence electrons. The number of hydrogen-bond donors (Lipinski definition) is 1. The number of hydrogen-bond acceptors (Lipinski definition) is 1. The van der Waals surface area contributed by atoms with E-state index in [-0.39, 0.29) is 12.4 Å². The second-order valence-corrected chi connectivity index (χ2v) is 4.17. The van der Waals surface area contributed by atoms with Gasteiger partial charge in [-0.1, -0.05) is 24.3 Å². The molecule has 1 aromatic carbocycles. The molecule has 0 saturated carbocycles. The van der Waals surface area contributed by atoms with Gasteiger partial charge in [0.05, 0.1) is 0 Å². The third-order valence-electron chi connectivity index (χ3n) is 2.92. The molecule has 1 heterocycles. The lowest BCUT2D eigenvalue weighted by Gasteiger charge is -2.23. The highest BCUT2D eigenvalue weighted by Crippen LogP contribution is 2.25. The van der Waals surface area contributed by atoms with Crippen molar-refractivity contribution in [1.29, 1.82) is 0 Å². The Morgan fingerprint density at radius 2 is 2.00 bits per heavy atom. The first kappa shape index (κ1) is 12.8. The summed E-state index contributed by atoms with van der Waals surface area (Å²) in [5, 5.41) is 3.39. The quantitative estimate of drug-likeness (QED) is 0.789. The molecule has 1 aliphatic heterocycles. The van der Waals surface area contributed by atoms with Crippen LogP contribution in [0.5, 0.6) is 0 Å². The number of rotatable bonds is 2. The Morgan fingerprint density at radius 1 is 1.27 bits per heavy atom. The van der Waals surface area contributed by atoms with Gasteiger partial charge in [-0.15, -0.1) is 24.0 Å². The van der Waals surface area contributed by atoms with Gasteiger partial charge in [-0.05, 0) is 43.0 Å². The van der Waals surface area contributed by atoms with E-state index in [1.807, 2.05) is 0 Å². The summed E-state index contributed by atoms with van der Waals surface area (Å²) in [5.41, 5.74) is 2.70. The molecule has 15 heavy (non-hydrogen) atoms. The van der Waals surface area contributed by atoms with Crippen LogP contribution in [-0.2, 0) is 5.88 Å². The summed E-state index contributed by atoms with van der Waals surface area (Å²) >= 11 is 5.83. The highest BCUT2D eigenvalue weighted by molar-refractivity contribution is 6.17. The molecule has 0 aliphatic carbocycles. The van der Waals surface area contributed by atoms with Crippen LogP contribution in [0.3, 0.4) is 0 Å². The van der Waals surface area contributed by atoms with Gasteiger partial charge in [-0.3, -0.25) is 0 Å². The fraction of sp³-hybridized carbons (Fsp3) is 0.500. The first-order chi connectivity index (χ1) is 6.90. The molecule has 1 aromatic rings. The summed E-state index contributed by atoms with van der Waals surface area (Å²) in [6.45, 7) is 2.30. The first-order valence-electron chi connectivity index (χ1n) is 5.25. The van der Waals surface area contributed by atoms with Crippen LogP contribution in [0.2, 0.25) is 0 Å². The van der Waals surface area contributed by atoms with Crippen LogP contribution in [0.15, 0.2) is 24.3 Å². The molecule has 1 aliphatic rings. The van der Waals surface area contributed by atoms with Crippen molar-refractivity contribution in [3.63, 3.8) is 0 Å². The van der Waals surface area contributed by atoms with Crippen LogP contribution < -0.4 is 5.32 Å². The third kappa shape index (κ3) is 3.37. The zero-order valence-electron chi connectivity index (χ0n) is 8.71. The van der Waals surface area contributed by atoms with Crippen LogP contribution in [0.1, 0.15) is 29.9 Å². The number of halogens is 2. The van der Waals surface area contributed by atoms with Crippen molar-refractivity contribution in [3.05, 3.63) is 35.4 Å². The van der Waals surface area contributed by atoms with Crippen molar-refractivity contribution >= 4 is 24.0 Å². The number of alkyl halides is 1. The van der Waals surface area contributed by atoms with E-state index in [9.17, 15) is 0 Å². The van der Waals surface area contributed by atoms with Gasteiger partial charge in [0.15, 0.2) is 0 Å². The van der Waals surface area contributed by atoms with E-state index in [4.69, 9.17) is 11.6 Å². The zero-order valence-corrected chi connectivity index (χ0v) is 10.3. The Labute approximate surface area is 103 Å². The average molecular weight is 246 g/mol. The van der Waals surface area contributed by atoms with Crippen LogP contribution in [0.4, 0.5) is 0 Å². The number of piperidine rings is 1. The van der Waals surface area contributed by atoms with Crippen molar-refractivity contribution in [2.45, 2.75) is 24.6 Å². The molecule has 1 N–H and O–H groups in total. The second-order valence-electron chi connectivity index (χ2n) is 3.90. The van der Waals surface area contributed by atoms with Crippen LogP contribution in [0, 0.1) is 0 Å². The topological polar surface area (TPSA) is 12.0 Å². The van der Waals surface area contributed by atoms with Gasteiger partial charge in [-0.25, -0.2) is 0 Å². The summed E-state index contributed by atoms with van der Waals surface area (Å²) in [6, 6.07) is 8.70. The van der Waals surface area contributed by atoms with Crippen molar-refractivity contribution in [1.82, 2.24) is 5.32 Å². The predicted molar refractivity (Wildman–Crippen MR) is 68.1 cm³/mol. The maximum absolute atomic E-state index is 5.83. The molecule has 0 spiro atoms. The number of benzene rings is 1. The van der Waals surface area contributed by atoms with Crippen LogP contribution >= 0.6 is 24.0 Å². The van der Waals surface area contributed by atoms with E-state index >= 15 is 0 Å². The summed E-state index contributed by atoms with van der Waals surface area (Å²) in [6.07, 6.45) is 2.51. The Hall–Kier alpha value is -0.240. The van der Waals surface area contributed by atoms with Crippen molar-refractivity contribution < 1.29 is 0 Å². The standard InChI is InChI=1S/C12H16ClN.ClH/c13-9-10-2-1-3-12(8-10)11-4-6-14-7-5-11;/h1-3,8,11,14H,4-7,9H2;1H. The third-order valence-corrected chi connectivity index (χ3v) is 3.22. The molecule has 0 atom stereocenters. The Bertz CT molecular complexity index is 295. The van der Waals surface area contributed by atoms with Gasteiger partial charge in [0.1, 0.15) is 0 Å². The molecule has 0 amide bonds. The molecule has 0 aromatic heterocycles. The van der Waals surface area contributed by atoms with Crippen molar-refractivity contribution in [3.8, 4) is 0 Å². The molecule has 3 heteroatoms. The smallest absolute Gasteiger partial charge is 0.0474 e. The molecule has 2 rings (SSSR count). The highest BCUT2D eigenvalue weighted by atomic mass is 35.5. The minimum Gasteiger partial charge on any atom is -0.317 e. The van der Waals surface area contributed by atoms with E-state index in [1.165, 1.54) is 24.0 Å². The van der Waals surface area contributed by atoms with E-state index in [0.29, 0.717) is 5.88 Å². The summed E-state index contributed by atoms with van der Waals surface area (Å²) < 4.78 is 0. The fourth-order valence-electron chi connectivity index (χ4n) is 2.09. The fourth-order valence-corrected chi connectivity index (χ4v) is 2.25. The van der Waals surface area contributed by atoms with E-state index in [0.717, 1.165) is 19.0 Å². The summed E-state index contributed by atoms with van der Waals surface area (Å²) in [4.78, 5) is 0. The lowest BCUT2D eigenvalue weighted by molar-refractivity contribution is 0.460. The first-order valence-corrected chi connectivity index (χ1v) is 5.79. The van der Waals surface area contributed by atoms with Gasteiger partial charge in [-0.2, -0.15) is 0 Å². The highest BCUT2D eigenvalue weighted by Gasteiger charge is 2.14. The molecule has 1 nitrogen and oxygen atoms in total. The molecule has 0 radical (unpaired) electrons. The summed E-state index contributed by atoms with van der Waals surface area (Å²) in [7, 11) is 0. The van der Waals surface area contributed by atoms with Gasteiger partial charge in [0, 0.05) is 5.88 Å². The molecule has 1 saturated heterocycles. The minimum atomic E-state index is 0. The Kier molecular flexibility index (Phi) is 5.44. The molecule has 0 bridgehead atoms. The lowest BCUT2D eigenvalue weighted by atomic mass is 9.89. The lowest BCUT2D eigenvalue weighted by Crippen LogP contribution is -2.26. The predicted octanol–water partition coefficient (Wildman–Crippen LogP) is 3.31. The monoisotopic (exact) mass is 245 g/mol. The van der Waals surface area contributed by atoms with Gasteiger partial charge < -0.3 is 5.32 Å². The Morgan fingerprint density at radius 3 is 2.67 bits per heavy atom. The molecular formula is C12H17Cl2N. The SMILES string of the molecule is Cl.ClCc1cccc(C2CCNCC2)c1. The molecule has 1 fully saturated rings. The minimum absolute atomic E-state index is 0. The van der Waals surface area contributed by atoms with Crippen LogP contribution in [0.25, 0.3) is 0 Å². The van der Waals surface area contributed by atoms with Crippen molar-refractivity contribution in [2.75, 3.05) is 13.1 Å². The van der Waals surface area contributed by atoms with E-state index in [2.05, 4.69) is 29.6 Å². The normalized spacial score (nSPS) is 17.1. The molecular weight excluding hydrogens is 229 g/mol. The van der Waals surface area contributed by atoms with Crippen LogP contribution in [-0.4, -0.2) is 13.1 Å². The molecule has 0 unspecified atom stereocenters. The zero-order chi connectivity index (χ0) is 9.80. The average Bonchev–Trinajstić information content (AvgIpc) is 2.30. The van der Waals surface area contributed by atoms with Gasteiger partial charge in [0.25, 0.3) is 0 Å². The van der Waals surface area contributed by atoms with Crippen molar-refractivity contribution in [2.24, 2.45) is 0 Å². The largest absolute Gasteiger partial charge is 0.317 e.